The third-order valence-corrected chi connectivity index (χ3v) is 2.49. The van der Waals surface area contributed by atoms with E-state index in [1.807, 2.05) is 13.2 Å². The average Bonchev–Trinajstić information content (AvgIpc) is 2.63. The smallest absolute Gasteiger partial charge is 0.0535 e. The van der Waals surface area contributed by atoms with Crippen LogP contribution in [0.25, 0.3) is 0 Å². The molecule has 1 heterocycles. The maximum Gasteiger partial charge on any atom is 0.0535 e. The summed E-state index contributed by atoms with van der Waals surface area (Å²) in [6, 6.07) is 0. The molecule has 0 radical (unpaired) electrons. The maximum atomic E-state index is 4.11. The molecular formula is C11H22N4. The van der Waals surface area contributed by atoms with Crippen LogP contribution in [0.3, 0.4) is 0 Å². The van der Waals surface area contributed by atoms with Gasteiger partial charge in [0.25, 0.3) is 0 Å². The molecule has 0 atom stereocenters. The van der Waals surface area contributed by atoms with Crippen LogP contribution in [0.15, 0.2) is 6.20 Å². The molecule has 2 N–H and O–H groups in total. The lowest BCUT2D eigenvalue weighted by Gasteiger charge is -2.16. The minimum absolute atomic E-state index is 0.980. The van der Waals surface area contributed by atoms with E-state index in [0.29, 0.717) is 0 Å². The van der Waals surface area contributed by atoms with Crippen molar-refractivity contribution in [2.45, 2.75) is 26.3 Å². The number of likely N-dealkylation sites (N-methyl/N-ethyl adjacent to an activating group) is 2. The lowest BCUT2D eigenvalue weighted by Crippen LogP contribution is -2.27. The predicted octanol–water partition coefficient (Wildman–Crippen LogP) is 1.01. The molecule has 0 spiro atoms. The van der Waals surface area contributed by atoms with Crippen LogP contribution in [0.1, 0.15) is 24.6 Å². The van der Waals surface area contributed by atoms with Crippen LogP contribution in [0.2, 0.25) is 0 Å². The standard InChI is InChI=1S/C11H22N4/c1-4-5-11-10(8-13-14-11)9-15(3)7-6-12-2/h8,12H,4-7,9H2,1-3H3,(H,13,14). The van der Waals surface area contributed by atoms with E-state index >= 15 is 0 Å². The molecule has 0 aromatic carbocycles. The van der Waals surface area contributed by atoms with Gasteiger partial charge in [-0.3, -0.25) is 5.10 Å². The molecule has 86 valence electrons. The van der Waals surface area contributed by atoms with Crippen molar-refractivity contribution >= 4 is 0 Å². The first kappa shape index (κ1) is 12.2. The minimum Gasteiger partial charge on any atom is -0.318 e. The van der Waals surface area contributed by atoms with Gasteiger partial charge in [0.05, 0.1) is 6.20 Å². The monoisotopic (exact) mass is 210 g/mol. The Morgan fingerprint density at radius 1 is 1.53 bits per heavy atom. The Kier molecular flexibility index (Phi) is 5.36. The third kappa shape index (κ3) is 4.01. The molecule has 0 saturated heterocycles. The SMILES string of the molecule is CCCc1[nH]ncc1CN(C)CCNC. The van der Waals surface area contributed by atoms with E-state index in [-0.39, 0.29) is 0 Å². The van der Waals surface area contributed by atoms with Gasteiger partial charge >= 0.3 is 0 Å². The van der Waals surface area contributed by atoms with Crippen molar-refractivity contribution in [3.63, 3.8) is 0 Å². The first-order valence-corrected chi connectivity index (χ1v) is 5.62. The van der Waals surface area contributed by atoms with Crippen molar-refractivity contribution in [3.05, 3.63) is 17.5 Å². The average molecular weight is 210 g/mol. The summed E-state index contributed by atoms with van der Waals surface area (Å²) in [5.41, 5.74) is 2.62. The van der Waals surface area contributed by atoms with Crippen molar-refractivity contribution in [3.8, 4) is 0 Å². The first-order valence-electron chi connectivity index (χ1n) is 5.62. The summed E-state index contributed by atoms with van der Waals surface area (Å²) in [6.45, 7) is 5.26. The molecule has 0 aliphatic carbocycles. The number of aryl methyl sites for hydroxylation is 1. The summed E-state index contributed by atoms with van der Waals surface area (Å²) in [7, 11) is 4.12. The molecule has 0 aliphatic rings. The quantitative estimate of drug-likeness (QED) is 0.706. The first-order chi connectivity index (χ1) is 7.27. The molecule has 0 amide bonds. The summed E-state index contributed by atoms with van der Waals surface area (Å²) in [4.78, 5) is 2.31. The van der Waals surface area contributed by atoms with Gasteiger partial charge in [-0.15, -0.1) is 0 Å². The fourth-order valence-corrected chi connectivity index (χ4v) is 1.61. The molecule has 15 heavy (non-hydrogen) atoms. The highest BCUT2D eigenvalue weighted by Gasteiger charge is 2.06. The van der Waals surface area contributed by atoms with E-state index < -0.39 is 0 Å². The Morgan fingerprint density at radius 2 is 2.33 bits per heavy atom. The van der Waals surface area contributed by atoms with E-state index in [4.69, 9.17) is 0 Å². The second kappa shape index (κ2) is 6.58. The fourth-order valence-electron chi connectivity index (χ4n) is 1.61. The molecule has 0 aliphatic heterocycles. The van der Waals surface area contributed by atoms with Crippen LogP contribution in [0.5, 0.6) is 0 Å². The van der Waals surface area contributed by atoms with Crippen LogP contribution < -0.4 is 5.32 Å². The van der Waals surface area contributed by atoms with Gasteiger partial charge in [0.1, 0.15) is 0 Å². The minimum atomic E-state index is 0.980. The Balaban J connectivity index is 2.44. The molecular weight excluding hydrogens is 188 g/mol. The summed E-state index contributed by atoms with van der Waals surface area (Å²) < 4.78 is 0. The molecule has 1 rings (SSSR count). The van der Waals surface area contributed by atoms with Gasteiger partial charge < -0.3 is 10.2 Å². The number of nitrogens with one attached hydrogen (secondary N) is 2. The molecule has 4 heteroatoms. The second-order valence-corrected chi connectivity index (χ2v) is 3.97. The Bertz CT molecular complexity index is 269. The summed E-state index contributed by atoms with van der Waals surface area (Å²) in [6.07, 6.45) is 4.20. The lowest BCUT2D eigenvalue weighted by atomic mass is 10.1. The van der Waals surface area contributed by atoms with Gasteiger partial charge in [-0.1, -0.05) is 13.3 Å². The van der Waals surface area contributed by atoms with Gasteiger partial charge in [-0.2, -0.15) is 5.10 Å². The van der Waals surface area contributed by atoms with E-state index in [1.165, 1.54) is 11.3 Å². The van der Waals surface area contributed by atoms with Crippen molar-refractivity contribution in [1.29, 1.82) is 0 Å². The summed E-state index contributed by atoms with van der Waals surface area (Å²) in [5, 5.41) is 10.3. The van der Waals surface area contributed by atoms with E-state index in [2.05, 4.69) is 34.4 Å². The lowest BCUT2D eigenvalue weighted by molar-refractivity contribution is 0.327. The van der Waals surface area contributed by atoms with Gasteiger partial charge in [0.15, 0.2) is 0 Å². The Labute approximate surface area is 92.1 Å². The predicted molar refractivity (Wildman–Crippen MR) is 62.8 cm³/mol. The normalized spacial score (nSPS) is 11.2. The highest BCUT2D eigenvalue weighted by molar-refractivity contribution is 5.16. The highest BCUT2D eigenvalue weighted by atomic mass is 15.1. The molecule has 0 fully saturated rings. The Morgan fingerprint density at radius 3 is 3.00 bits per heavy atom. The summed E-state index contributed by atoms with van der Waals surface area (Å²) >= 11 is 0. The largest absolute Gasteiger partial charge is 0.318 e. The van der Waals surface area contributed by atoms with Gasteiger partial charge in [0, 0.05) is 30.9 Å². The number of aromatic nitrogens is 2. The number of hydrogen-bond donors (Lipinski definition) is 2. The molecule has 0 saturated carbocycles. The Hall–Kier alpha value is -0.870. The zero-order chi connectivity index (χ0) is 11.1. The highest BCUT2D eigenvalue weighted by Crippen LogP contribution is 2.09. The number of aromatic amines is 1. The molecule has 0 unspecified atom stereocenters. The van der Waals surface area contributed by atoms with E-state index in [0.717, 1.165) is 32.5 Å². The van der Waals surface area contributed by atoms with Crippen LogP contribution in [-0.4, -0.2) is 42.3 Å². The molecule has 1 aromatic heterocycles. The van der Waals surface area contributed by atoms with Crippen molar-refractivity contribution in [2.24, 2.45) is 0 Å². The van der Waals surface area contributed by atoms with Gasteiger partial charge in [0.2, 0.25) is 0 Å². The van der Waals surface area contributed by atoms with E-state index in [1.54, 1.807) is 0 Å². The van der Waals surface area contributed by atoms with Crippen LogP contribution in [0, 0.1) is 0 Å². The molecule has 0 bridgehead atoms. The second-order valence-electron chi connectivity index (χ2n) is 3.97. The van der Waals surface area contributed by atoms with Gasteiger partial charge in [-0.05, 0) is 20.5 Å². The molecule has 1 aromatic rings. The molecule has 4 nitrogen and oxygen atoms in total. The number of nitrogens with zero attached hydrogens (tertiary/aromatic N) is 2. The zero-order valence-corrected chi connectivity index (χ0v) is 10.0. The summed E-state index contributed by atoms with van der Waals surface area (Å²) in [5.74, 6) is 0. The topological polar surface area (TPSA) is 44.0 Å². The van der Waals surface area contributed by atoms with Crippen LogP contribution in [-0.2, 0) is 13.0 Å². The van der Waals surface area contributed by atoms with Gasteiger partial charge in [-0.25, -0.2) is 0 Å². The van der Waals surface area contributed by atoms with Crippen LogP contribution >= 0.6 is 0 Å². The zero-order valence-electron chi connectivity index (χ0n) is 10.0. The number of H-pyrrole nitrogens is 1. The van der Waals surface area contributed by atoms with Crippen molar-refractivity contribution < 1.29 is 0 Å². The fraction of sp³-hybridized carbons (Fsp3) is 0.727. The number of hydrogen-bond acceptors (Lipinski definition) is 3. The third-order valence-electron chi connectivity index (χ3n) is 2.49. The number of rotatable bonds is 7. The van der Waals surface area contributed by atoms with E-state index in [9.17, 15) is 0 Å². The van der Waals surface area contributed by atoms with Crippen LogP contribution in [0.4, 0.5) is 0 Å². The van der Waals surface area contributed by atoms with Crippen molar-refractivity contribution in [2.75, 3.05) is 27.2 Å². The van der Waals surface area contributed by atoms with Crippen molar-refractivity contribution in [1.82, 2.24) is 20.4 Å². The maximum absolute atomic E-state index is 4.11.